The van der Waals surface area contributed by atoms with E-state index in [9.17, 15) is 9.50 Å². The molecule has 2 rings (SSSR count). The topological polar surface area (TPSA) is 50.7 Å². The largest absolute Gasteiger partial charge is 0.493 e. The average molecular weight is 368 g/mol. The number of halogens is 2. The molecule has 0 radical (unpaired) electrons. The Bertz CT molecular complexity index is 675. The van der Waals surface area contributed by atoms with Crippen LogP contribution in [-0.4, -0.2) is 24.9 Å². The lowest BCUT2D eigenvalue weighted by molar-refractivity contribution is 0.238. The summed E-state index contributed by atoms with van der Waals surface area (Å²) in [7, 11) is 1.55. The van der Waals surface area contributed by atoms with Gasteiger partial charge in [-0.2, -0.15) is 0 Å². The Hall–Kier alpha value is -1.82. The molecule has 0 saturated carbocycles. The molecule has 2 N–H and O–H groups in total. The van der Waals surface area contributed by atoms with Gasteiger partial charge in [-0.1, -0.05) is 30.7 Å². The number of hydrogen-bond donors (Lipinski definition) is 2. The SMILES string of the molecule is CC[C@H](CO)NCc1cc(Cl)c(OCc2ccc(F)cc2)c(OC)c1. The van der Waals surface area contributed by atoms with Crippen molar-refractivity contribution in [2.75, 3.05) is 13.7 Å². The number of benzene rings is 2. The Morgan fingerprint density at radius 3 is 2.52 bits per heavy atom. The molecule has 25 heavy (non-hydrogen) atoms. The fourth-order valence-corrected chi connectivity index (χ4v) is 2.64. The molecule has 2 aromatic carbocycles. The molecule has 0 amide bonds. The van der Waals surface area contributed by atoms with Gasteiger partial charge in [0.2, 0.25) is 0 Å². The van der Waals surface area contributed by atoms with Crippen LogP contribution < -0.4 is 14.8 Å². The van der Waals surface area contributed by atoms with E-state index < -0.39 is 0 Å². The van der Waals surface area contributed by atoms with Gasteiger partial charge in [0.15, 0.2) is 11.5 Å². The van der Waals surface area contributed by atoms with E-state index in [0.717, 1.165) is 17.5 Å². The average Bonchev–Trinajstić information content (AvgIpc) is 2.62. The second kappa shape index (κ2) is 9.61. The molecule has 0 bridgehead atoms. The molecule has 136 valence electrons. The van der Waals surface area contributed by atoms with Gasteiger partial charge in [0.25, 0.3) is 0 Å². The van der Waals surface area contributed by atoms with Gasteiger partial charge >= 0.3 is 0 Å². The van der Waals surface area contributed by atoms with E-state index in [-0.39, 0.29) is 25.1 Å². The molecule has 0 saturated heterocycles. The van der Waals surface area contributed by atoms with Gasteiger partial charge in [-0.15, -0.1) is 0 Å². The lowest BCUT2D eigenvalue weighted by atomic mass is 10.1. The quantitative estimate of drug-likeness (QED) is 0.705. The summed E-state index contributed by atoms with van der Waals surface area (Å²) in [6.07, 6.45) is 0.834. The number of nitrogens with one attached hydrogen (secondary N) is 1. The zero-order valence-electron chi connectivity index (χ0n) is 14.4. The van der Waals surface area contributed by atoms with Crippen LogP contribution in [0.25, 0.3) is 0 Å². The predicted molar refractivity (Wildman–Crippen MR) is 96.7 cm³/mol. The molecule has 0 aromatic heterocycles. The van der Waals surface area contributed by atoms with Gasteiger partial charge in [0.1, 0.15) is 12.4 Å². The lowest BCUT2D eigenvalue weighted by Gasteiger charge is -2.17. The van der Waals surface area contributed by atoms with E-state index in [0.29, 0.717) is 23.1 Å². The minimum Gasteiger partial charge on any atom is -0.493 e. The summed E-state index contributed by atoms with van der Waals surface area (Å²) in [5, 5.41) is 12.9. The van der Waals surface area contributed by atoms with Crippen LogP contribution in [0.1, 0.15) is 24.5 Å². The number of methoxy groups -OCH3 is 1. The van der Waals surface area contributed by atoms with E-state index in [2.05, 4.69) is 5.32 Å². The highest BCUT2D eigenvalue weighted by molar-refractivity contribution is 6.32. The molecule has 1 atom stereocenters. The van der Waals surface area contributed by atoms with Crippen molar-refractivity contribution in [3.63, 3.8) is 0 Å². The molecule has 2 aromatic rings. The maximum Gasteiger partial charge on any atom is 0.180 e. The van der Waals surface area contributed by atoms with Crippen molar-refractivity contribution in [2.24, 2.45) is 0 Å². The Labute approximate surface area is 152 Å². The number of ether oxygens (including phenoxy) is 2. The second-order valence-corrected chi connectivity index (χ2v) is 6.10. The van der Waals surface area contributed by atoms with Gasteiger partial charge in [-0.3, -0.25) is 0 Å². The summed E-state index contributed by atoms with van der Waals surface area (Å²) in [6, 6.07) is 9.79. The molecule has 0 unspecified atom stereocenters. The number of hydrogen-bond acceptors (Lipinski definition) is 4. The first kappa shape index (κ1) is 19.5. The first-order valence-corrected chi connectivity index (χ1v) is 8.53. The van der Waals surface area contributed by atoms with Crippen LogP contribution in [0.3, 0.4) is 0 Å². The van der Waals surface area contributed by atoms with Crippen LogP contribution in [0.15, 0.2) is 36.4 Å². The van der Waals surface area contributed by atoms with Crippen LogP contribution in [0, 0.1) is 5.82 Å². The Balaban J connectivity index is 2.09. The Morgan fingerprint density at radius 1 is 1.20 bits per heavy atom. The number of rotatable bonds is 9. The summed E-state index contributed by atoms with van der Waals surface area (Å²) >= 11 is 6.35. The third-order valence-corrected chi connectivity index (χ3v) is 4.17. The normalized spacial score (nSPS) is 12.0. The maximum atomic E-state index is 13.0. The van der Waals surface area contributed by atoms with Crippen molar-refractivity contribution >= 4 is 11.6 Å². The Kier molecular flexibility index (Phi) is 7.50. The van der Waals surface area contributed by atoms with Crippen molar-refractivity contribution < 1.29 is 19.0 Å². The lowest BCUT2D eigenvalue weighted by Crippen LogP contribution is -2.31. The fourth-order valence-electron chi connectivity index (χ4n) is 2.35. The highest BCUT2D eigenvalue weighted by Crippen LogP contribution is 2.37. The summed E-state index contributed by atoms with van der Waals surface area (Å²) in [5.74, 6) is 0.694. The zero-order chi connectivity index (χ0) is 18.2. The van der Waals surface area contributed by atoms with Crippen molar-refractivity contribution in [2.45, 2.75) is 32.5 Å². The van der Waals surface area contributed by atoms with Crippen LogP contribution in [-0.2, 0) is 13.2 Å². The molecule has 0 spiro atoms. The first-order valence-electron chi connectivity index (χ1n) is 8.15. The molecule has 0 aliphatic heterocycles. The molecule has 4 nitrogen and oxygen atoms in total. The van der Waals surface area contributed by atoms with E-state index in [1.54, 1.807) is 25.3 Å². The van der Waals surface area contributed by atoms with E-state index in [4.69, 9.17) is 21.1 Å². The van der Waals surface area contributed by atoms with Crippen molar-refractivity contribution in [1.29, 1.82) is 0 Å². The van der Waals surface area contributed by atoms with E-state index in [1.807, 2.05) is 13.0 Å². The Morgan fingerprint density at radius 2 is 1.92 bits per heavy atom. The maximum absolute atomic E-state index is 13.0. The monoisotopic (exact) mass is 367 g/mol. The zero-order valence-corrected chi connectivity index (χ0v) is 15.1. The third-order valence-electron chi connectivity index (χ3n) is 3.89. The van der Waals surface area contributed by atoms with Crippen molar-refractivity contribution in [1.82, 2.24) is 5.32 Å². The molecule has 6 heteroatoms. The van der Waals surface area contributed by atoms with E-state index in [1.165, 1.54) is 12.1 Å². The van der Waals surface area contributed by atoms with Gasteiger partial charge in [0.05, 0.1) is 18.7 Å². The van der Waals surface area contributed by atoms with Gasteiger partial charge in [-0.05, 0) is 41.8 Å². The second-order valence-electron chi connectivity index (χ2n) is 5.69. The molecule has 0 aliphatic rings. The highest BCUT2D eigenvalue weighted by Gasteiger charge is 2.13. The van der Waals surface area contributed by atoms with Crippen molar-refractivity contribution in [3.8, 4) is 11.5 Å². The van der Waals surface area contributed by atoms with Crippen molar-refractivity contribution in [3.05, 3.63) is 58.4 Å². The summed E-state index contributed by atoms with van der Waals surface area (Å²) in [4.78, 5) is 0. The van der Waals surface area contributed by atoms with Gasteiger partial charge < -0.3 is 19.9 Å². The number of aliphatic hydroxyl groups is 1. The number of aliphatic hydroxyl groups excluding tert-OH is 1. The van der Waals surface area contributed by atoms with E-state index >= 15 is 0 Å². The molecule has 0 fully saturated rings. The summed E-state index contributed by atoms with van der Waals surface area (Å²) in [5.41, 5.74) is 1.77. The standard InChI is InChI=1S/C19H23ClFNO3/c1-3-16(11-23)22-10-14-8-17(20)19(18(9-14)24-2)25-12-13-4-6-15(21)7-5-13/h4-9,16,22-23H,3,10-12H2,1-2H3/t16-/m1/s1. The minimum absolute atomic E-state index is 0.0409. The molecule has 0 aliphatic carbocycles. The predicted octanol–water partition coefficient (Wildman–Crippen LogP) is 3.93. The third kappa shape index (κ3) is 5.59. The molecular weight excluding hydrogens is 345 g/mol. The fraction of sp³-hybridized carbons (Fsp3) is 0.368. The smallest absolute Gasteiger partial charge is 0.180 e. The highest BCUT2D eigenvalue weighted by atomic mass is 35.5. The first-order chi connectivity index (χ1) is 12.1. The van der Waals surface area contributed by atoms with Crippen LogP contribution in [0.2, 0.25) is 5.02 Å². The van der Waals surface area contributed by atoms with Gasteiger partial charge in [-0.25, -0.2) is 4.39 Å². The molecular formula is C19H23ClFNO3. The summed E-state index contributed by atoms with van der Waals surface area (Å²) in [6.45, 7) is 2.91. The van der Waals surface area contributed by atoms with Crippen LogP contribution in [0.4, 0.5) is 4.39 Å². The van der Waals surface area contributed by atoms with Crippen LogP contribution in [0.5, 0.6) is 11.5 Å². The van der Waals surface area contributed by atoms with Gasteiger partial charge in [0, 0.05) is 12.6 Å². The summed E-state index contributed by atoms with van der Waals surface area (Å²) < 4.78 is 24.1. The van der Waals surface area contributed by atoms with Crippen LogP contribution >= 0.6 is 11.6 Å². The molecule has 0 heterocycles. The minimum atomic E-state index is -0.288.